The van der Waals surface area contributed by atoms with Gasteiger partial charge in [-0.1, -0.05) is 28.1 Å². The first-order valence-electron chi connectivity index (χ1n) is 6.09. The Kier molecular flexibility index (Phi) is 4.25. The molecule has 2 nitrogen and oxygen atoms in total. The van der Waals surface area contributed by atoms with Gasteiger partial charge in [0.2, 0.25) is 0 Å². The van der Waals surface area contributed by atoms with Crippen molar-refractivity contribution in [3.63, 3.8) is 0 Å². The highest BCUT2D eigenvalue weighted by Crippen LogP contribution is 2.25. The molecule has 1 aromatic carbocycles. The van der Waals surface area contributed by atoms with E-state index in [2.05, 4.69) is 45.5 Å². The molecule has 0 saturated heterocycles. The number of hydrogen-bond donors (Lipinski definition) is 1. The number of benzene rings is 1. The molecule has 0 radical (unpaired) electrons. The molecule has 0 fully saturated rings. The van der Waals surface area contributed by atoms with Crippen LogP contribution in [0.25, 0.3) is 0 Å². The van der Waals surface area contributed by atoms with Gasteiger partial charge in [0.15, 0.2) is 0 Å². The number of halogens is 1. The third-order valence-electron chi connectivity index (χ3n) is 3.13. The first-order valence-corrected chi connectivity index (χ1v) is 6.88. The summed E-state index contributed by atoms with van der Waals surface area (Å²) >= 11 is 3.51. The molecule has 0 bridgehead atoms. The van der Waals surface area contributed by atoms with Crippen molar-refractivity contribution in [1.82, 2.24) is 5.32 Å². The van der Waals surface area contributed by atoms with Gasteiger partial charge in [-0.25, -0.2) is 0 Å². The van der Waals surface area contributed by atoms with Crippen LogP contribution in [0.2, 0.25) is 0 Å². The summed E-state index contributed by atoms with van der Waals surface area (Å²) < 4.78 is 6.73. The molecule has 0 aliphatic rings. The van der Waals surface area contributed by atoms with Crippen LogP contribution in [-0.4, -0.2) is 7.05 Å². The van der Waals surface area contributed by atoms with Gasteiger partial charge in [0.1, 0.15) is 11.5 Å². The highest BCUT2D eigenvalue weighted by atomic mass is 79.9. The summed E-state index contributed by atoms with van der Waals surface area (Å²) in [5, 5.41) is 3.37. The Labute approximate surface area is 117 Å². The van der Waals surface area contributed by atoms with Crippen LogP contribution in [-0.2, 0) is 6.42 Å². The first kappa shape index (κ1) is 13.4. The van der Waals surface area contributed by atoms with E-state index in [9.17, 15) is 0 Å². The Morgan fingerprint density at radius 2 is 2.06 bits per heavy atom. The van der Waals surface area contributed by atoms with Gasteiger partial charge in [0.25, 0.3) is 0 Å². The summed E-state index contributed by atoms with van der Waals surface area (Å²) in [7, 11) is 1.99. The lowest BCUT2D eigenvalue weighted by molar-refractivity contribution is 0.490. The van der Waals surface area contributed by atoms with Gasteiger partial charge in [-0.3, -0.25) is 0 Å². The van der Waals surface area contributed by atoms with Gasteiger partial charge in [0, 0.05) is 16.1 Å². The number of rotatable bonds is 4. The van der Waals surface area contributed by atoms with Crippen LogP contribution in [0.3, 0.4) is 0 Å². The second kappa shape index (κ2) is 5.72. The largest absolute Gasteiger partial charge is 0.466 e. The zero-order valence-electron chi connectivity index (χ0n) is 11.0. The van der Waals surface area contributed by atoms with Crippen molar-refractivity contribution in [2.24, 2.45) is 0 Å². The average Bonchev–Trinajstić information content (AvgIpc) is 2.65. The van der Waals surface area contributed by atoms with E-state index in [0.29, 0.717) is 0 Å². The van der Waals surface area contributed by atoms with E-state index >= 15 is 0 Å². The van der Waals surface area contributed by atoms with Crippen LogP contribution < -0.4 is 5.32 Å². The van der Waals surface area contributed by atoms with E-state index in [-0.39, 0.29) is 6.04 Å². The molecule has 2 aromatic rings. The van der Waals surface area contributed by atoms with Crippen LogP contribution in [0.15, 0.2) is 39.2 Å². The minimum absolute atomic E-state index is 0.289. The van der Waals surface area contributed by atoms with E-state index in [1.54, 1.807) is 0 Å². The van der Waals surface area contributed by atoms with E-state index in [4.69, 9.17) is 4.42 Å². The van der Waals surface area contributed by atoms with Gasteiger partial charge >= 0.3 is 0 Å². The zero-order chi connectivity index (χ0) is 13.1. The van der Waals surface area contributed by atoms with Crippen LogP contribution in [0.4, 0.5) is 0 Å². The fourth-order valence-corrected chi connectivity index (χ4v) is 2.71. The summed E-state index contributed by atoms with van der Waals surface area (Å²) in [6.07, 6.45) is 0.954. The zero-order valence-corrected chi connectivity index (χ0v) is 12.5. The maximum Gasteiger partial charge on any atom is 0.105 e. The maximum absolute atomic E-state index is 5.61. The molecule has 0 aliphatic heterocycles. The van der Waals surface area contributed by atoms with Crippen molar-refractivity contribution < 1.29 is 4.42 Å². The first-order chi connectivity index (χ1) is 8.60. The maximum atomic E-state index is 5.61. The van der Waals surface area contributed by atoms with Gasteiger partial charge < -0.3 is 9.73 Å². The molecule has 18 heavy (non-hydrogen) atoms. The summed E-state index contributed by atoms with van der Waals surface area (Å²) in [6, 6.07) is 10.8. The molecule has 1 heterocycles. The highest BCUT2D eigenvalue weighted by molar-refractivity contribution is 9.10. The van der Waals surface area contributed by atoms with Crippen molar-refractivity contribution in [2.75, 3.05) is 7.05 Å². The van der Waals surface area contributed by atoms with Crippen LogP contribution in [0.1, 0.15) is 28.7 Å². The minimum atomic E-state index is 0.289. The quantitative estimate of drug-likeness (QED) is 0.917. The third kappa shape index (κ3) is 3.03. The molecule has 3 heteroatoms. The number of likely N-dealkylation sites (N-methyl/N-ethyl adjacent to an activating group) is 1. The summed E-state index contributed by atoms with van der Waals surface area (Å²) in [6.45, 7) is 4.01. The van der Waals surface area contributed by atoms with E-state index in [0.717, 1.165) is 22.4 Å². The molecule has 0 spiro atoms. The summed E-state index contributed by atoms with van der Waals surface area (Å²) in [5.74, 6) is 1.97. The summed E-state index contributed by atoms with van der Waals surface area (Å²) in [5.41, 5.74) is 2.55. The lowest BCUT2D eigenvalue weighted by Gasteiger charge is -2.15. The molecule has 1 atom stereocenters. The molecule has 0 amide bonds. The van der Waals surface area contributed by atoms with Gasteiger partial charge in [0.05, 0.1) is 0 Å². The molecule has 0 saturated carbocycles. The number of hydrogen-bond acceptors (Lipinski definition) is 2. The van der Waals surface area contributed by atoms with Gasteiger partial charge in [-0.2, -0.15) is 0 Å². The standard InChI is InChI=1S/C15H18BrNO/c1-10-7-14(11(2)18-10)15(17-3)9-12-5-4-6-13(16)8-12/h4-8,15,17H,9H2,1-3H3. The minimum Gasteiger partial charge on any atom is -0.466 e. The smallest absolute Gasteiger partial charge is 0.105 e. The lowest BCUT2D eigenvalue weighted by atomic mass is 9.99. The molecular formula is C15H18BrNO. The predicted octanol–water partition coefficient (Wildman–Crippen LogP) is 4.16. The second-order valence-corrected chi connectivity index (χ2v) is 5.46. The molecular weight excluding hydrogens is 290 g/mol. The molecule has 0 aliphatic carbocycles. The Balaban J connectivity index is 2.22. The van der Waals surface area contributed by atoms with Crippen LogP contribution >= 0.6 is 15.9 Å². The Bertz CT molecular complexity index is 533. The lowest BCUT2D eigenvalue weighted by Crippen LogP contribution is -2.19. The molecule has 96 valence electrons. The van der Waals surface area contributed by atoms with Crippen LogP contribution in [0, 0.1) is 13.8 Å². The number of aryl methyl sites for hydroxylation is 2. The van der Waals surface area contributed by atoms with Crippen molar-refractivity contribution in [3.05, 3.63) is 57.5 Å². The topological polar surface area (TPSA) is 25.2 Å². The van der Waals surface area contributed by atoms with Crippen molar-refractivity contribution in [2.45, 2.75) is 26.3 Å². The third-order valence-corrected chi connectivity index (χ3v) is 3.63. The molecule has 1 N–H and O–H groups in total. The fourth-order valence-electron chi connectivity index (χ4n) is 2.26. The SMILES string of the molecule is CNC(Cc1cccc(Br)c1)c1cc(C)oc1C. The summed E-state index contributed by atoms with van der Waals surface area (Å²) in [4.78, 5) is 0. The number of furan rings is 1. The monoisotopic (exact) mass is 307 g/mol. The van der Waals surface area contributed by atoms with Gasteiger partial charge in [-0.05, 0) is 51.1 Å². The predicted molar refractivity (Wildman–Crippen MR) is 77.8 cm³/mol. The van der Waals surface area contributed by atoms with Crippen LogP contribution in [0.5, 0.6) is 0 Å². The Morgan fingerprint density at radius 1 is 1.28 bits per heavy atom. The highest BCUT2D eigenvalue weighted by Gasteiger charge is 2.16. The van der Waals surface area contributed by atoms with E-state index in [1.165, 1.54) is 11.1 Å². The Hall–Kier alpha value is -1.06. The van der Waals surface area contributed by atoms with E-state index < -0.39 is 0 Å². The van der Waals surface area contributed by atoms with Gasteiger partial charge in [-0.15, -0.1) is 0 Å². The Morgan fingerprint density at radius 3 is 2.61 bits per heavy atom. The number of nitrogens with one attached hydrogen (secondary N) is 1. The second-order valence-electron chi connectivity index (χ2n) is 4.54. The molecule has 2 rings (SSSR count). The molecule has 1 unspecified atom stereocenters. The van der Waals surface area contributed by atoms with Crippen molar-refractivity contribution >= 4 is 15.9 Å². The fraction of sp³-hybridized carbons (Fsp3) is 0.333. The normalized spacial score (nSPS) is 12.7. The average molecular weight is 308 g/mol. The van der Waals surface area contributed by atoms with Crippen molar-refractivity contribution in [3.8, 4) is 0 Å². The van der Waals surface area contributed by atoms with Crippen molar-refractivity contribution in [1.29, 1.82) is 0 Å². The molecule has 1 aromatic heterocycles. The van der Waals surface area contributed by atoms with E-state index in [1.807, 2.05) is 27.0 Å².